The minimum Gasteiger partial charge on any atom is -0.442 e. The lowest BCUT2D eigenvalue weighted by atomic mass is 10.1. The number of aromatic nitrogens is 1. The number of hydrogen-bond donors (Lipinski definition) is 2. The second-order valence-electron chi connectivity index (χ2n) is 7.71. The number of amides is 2. The van der Waals surface area contributed by atoms with Crippen molar-refractivity contribution in [1.82, 2.24) is 10.3 Å². The maximum absolute atomic E-state index is 12.2. The molecule has 31 heavy (non-hydrogen) atoms. The predicted molar refractivity (Wildman–Crippen MR) is 119 cm³/mol. The van der Waals surface area contributed by atoms with Gasteiger partial charge in [-0.25, -0.2) is 14.0 Å². The Labute approximate surface area is 181 Å². The molecule has 0 radical (unpaired) electrons. The van der Waals surface area contributed by atoms with E-state index in [-0.39, 0.29) is 12.0 Å². The molecule has 0 bridgehead atoms. The first-order valence-electron chi connectivity index (χ1n) is 10.1. The van der Waals surface area contributed by atoms with Gasteiger partial charge in [0.25, 0.3) is 0 Å². The fraction of sp³-hybridized carbons (Fsp3) is 0.381. The first-order valence-corrected chi connectivity index (χ1v) is 12.0. The molecule has 2 saturated heterocycles. The van der Waals surface area contributed by atoms with Gasteiger partial charge in [0.1, 0.15) is 11.9 Å². The molecule has 0 spiro atoms. The third-order valence-corrected chi connectivity index (χ3v) is 7.10. The van der Waals surface area contributed by atoms with Crippen LogP contribution in [0.3, 0.4) is 0 Å². The number of nitrogens with zero attached hydrogens (tertiary/aromatic N) is 3. The van der Waals surface area contributed by atoms with Crippen molar-refractivity contribution in [3.8, 4) is 11.1 Å². The highest BCUT2D eigenvalue weighted by Gasteiger charge is 2.32. The van der Waals surface area contributed by atoms with Crippen molar-refractivity contribution < 1.29 is 18.5 Å². The molecule has 3 heterocycles. The topological polar surface area (TPSA) is 116 Å². The van der Waals surface area contributed by atoms with Crippen molar-refractivity contribution >= 4 is 33.2 Å². The Hall–Kier alpha value is -3.14. The Kier molecular flexibility index (Phi) is 5.81. The van der Waals surface area contributed by atoms with E-state index in [1.165, 1.54) is 6.92 Å². The van der Waals surface area contributed by atoms with E-state index in [4.69, 9.17) is 9.52 Å². The molecule has 0 aliphatic carbocycles. The van der Waals surface area contributed by atoms with Crippen LogP contribution in [-0.4, -0.2) is 65.0 Å². The van der Waals surface area contributed by atoms with Crippen molar-refractivity contribution in [3.05, 3.63) is 42.6 Å². The van der Waals surface area contributed by atoms with E-state index in [0.29, 0.717) is 37.7 Å². The van der Waals surface area contributed by atoms with Crippen LogP contribution in [0.1, 0.15) is 6.92 Å². The van der Waals surface area contributed by atoms with Crippen LogP contribution in [0.15, 0.2) is 42.6 Å². The summed E-state index contributed by atoms with van der Waals surface area (Å²) < 4.78 is 24.8. The Morgan fingerprint density at radius 3 is 2.48 bits per heavy atom. The molecule has 2 N–H and O–H groups in total. The van der Waals surface area contributed by atoms with E-state index >= 15 is 0 Å². The zero-order chi connectivity index (χ0) is 22.0. The lowest BCUT2D eigenvalue weighted by Crippen LogP contribution is -2.40. The highest BCUT2D eigenvalue weighted by Crippen LogP contribution is 2.27. The third kappa shape index (κ3) is 4.96. The number of nitrogens with one attached hydrogen (secondary N) is 2. The van der Waals surface area contributed by atoms with Gasteiger partial charge in [0.05, 0.1) is 13.1 Å². The van der Waals surface area contributed by atoms with Gasteiger partial charge < -0.3 is 15.0 Å². The average Bonchev–Trinajstić information content (AvgIpc) is 3.13. The van der Waals surface area contributed by atoms with Gasteiger partial charge in [0.15, 0.2) is 0 Å². The smallest absolute Gasteiger partial charge is 0.414 e. The second-order valence-corrected chi connectivity index (χ2v) is 10.2. The lowest BCUT2D eigenvalue weighted by molar-refractivity contribution is -0.119. The zero-order valence-corrected chi connectivity index (χ0v) is 18.1. The van der Waals surface area contributed by atoms with Gasteiger partial charge >= 0.3 is 6.09 Å². The molecule has 10 heteroatoms. The summed E-state index contributed by atoms with van der Waals surface area (Å²) in [5, 5.41) is 2.67. The summed E-state index contributed by atoms with van der Waals surface area (Å²) in [5.41, 5.74) is 2.65. The van der Waals surface area contributed by atoms with Gasteiger partial charge in [-0.15, -0.1) is 0 Å². The SMILES string of the molecule is CC(=O)NCC1CN(c2ccc(-c3ccc(N4CCS(=N)(=O)CC4)nc3)cc2)C(=O)O1. The summed E-state index contributed by atoms with van der Waals surface area (Å²) in [6.45, 7) is 3.27. The van der Waals surface area contributed by atoms with E-state index in [1.54, 1.807) is 11.1 Å². The third-order valence-electron chi connectivity index (χ3n) is 5.42. The van der Waals surface area contributed by atoms with Crippen LogP contribution in [0, 0.1) is 4.78 Å². The first-order chi connectivity index (χ1) is 14.8. The fourth-order valence-electron chi connectivity index (χ4n) is 3.63. The van der Waals surface area contributed by atoms with Crippen LogP contribution < -0.4 is 15.1 Å². The fourth-order valence-corrected chi connectivity index (χ4v) is 4.87. The van der Waals surface area contributed by atoms with E-state index < -0.39 is 15.8 Å². The number of ether oxygens (including phenoxy) is 1. The van der Waals surface area contributed by atoms with Crippen LogP contribution in [0.2, 0.25) is 0 Å². The molecule has 1 unspecified atom stereocenters. The number of anilines is 2. The summed E-state index contributed by atoms with van der Waals surface area (Å²) in [6, 6.07) is 11.5. The maximum atomic E-state index is 12.2. The van der Waals surface area contributed by atoms with E-state index in [2.05, 4.69) is 15.2 Å². The summed E-state index contributed by atoms with van der Waals surface area (Å²) in [7, 11) is -2.43. The molecule has 4 rings (SSSR count). The standard InChI is InChI=1S/C21H25N5O4S/c1-15(27)23-13-19-14-26(21(28)30-19)18-5-2-16(3-6-18)17-4-7-20(24-12-17)25-8-10-31(22,29)11-9-25/h2-7,12,19,22H,8-11,13-14H2,1H3,(H,23,27). The van der Waals surface area contributed by atoms with Crippen LogP contribution in [-0.2, 0) is 19.3 Å². The first kappa shape index (κ1) is 21.1. The molecular formula is C21H25N5O4S. The van der Waals surface area contributed by atoms with Crippen molar-refractivity contribution in [2.75, 3.05) is 47.5 Å². The largest absolute Gasteiger partial charge is 0.442 e. The van der Waals surface area contributed by atoms with Gasteiger partial charge in [0.2, 0.25) is 5.91 Å². The highest BCUT2D eigenvalue weighted by molar-refractivity contribution is 7.92. The Bertz CT molecular complexity index is 1060. The summed E-state index contributed by atoms with van der Waals surface area (Å²) in [5.74, 6) is 1.42. The number of rotatable bonds is 5. The molecule has 1 aromatic heterocycles. The van der Waals surface area contributed by atoms with Crippen LogP contribution in [0.25, 0.3) is 11.1 Å². The van der Waals surface area contributed by atoms with E-state index in [0.717, 1.165) is 22.6 Å². The Balaban J connectivity index is 1.40. The van der Waals surface area contributed by atoms with Crippen LogP contribution in [0.5, 0.6) is 0 Å². The van der Waals surface area contributed by atoms with Gasteiger partial charge in [-0.2, -0.15) is 0 Å². The normalized spacial score (nSPS) is 20.4. The number of carbonyl (C=O) groups is 2. The lowest BCUT2D eigenvalue weighted by Gasteiger charge is -2.29. The molecule has 2 aliphatic heterocycles. The summed E-state index contributed by atoms with van der Waals surface area (Å²) in [4.78, 5) is 31.4. The number of hydrogen-bond acceptors (Lipinski definition) is 7. The number of carbonyl (C=O) groups excluding carboxylic acids is 2. The van der Waals surface area contributed by atoms with Crippen molar-refractivity contribution in [2.45, 2.75) is 13.0 Å². The Morgan fingerprint density at radius 2 is 1.87 bits per heavy atom. The maximum Gasteiger partial charge on any atom is 0.414 e. The van der Waals surface area contributed by atoms with E-state index in [9.17, 15) is 13.8 Å². The summed E-state index contributed by atoms with van der Waals surface area (Å²) >= 11 is 0. The van der Waals surface area contributed by atoms with Crippen LogP contribution in [0.4, 0.5) is 16.3 Å². The Morgan fingerprint density at radius 1 is 1.19 bits per heavy atom. The number of pyridine rings is 1. The second kappa shape index (κ2) is 8.54. The number of benzene rings is 1. The quantitative estimate of drug-likeness (QED) is 0.731. The molecule has 164 valence electrons. The van der Waals surface area contributed by atoms with Crippen molar-refractivity contribution in [3.63, 3.8) is 0 Å². The van der Waals surface area contributed by atoms with E-state index in [1.807, 2.05) is 36.4 Å². The molecule has 2 aromatic rings. The van der Waals surface area contributed by atoms with Gasteiger partial charge in [-0.3, -0.25) is 14.5 Å². The monoisotopic (exact) mass is 443 g/mol. The predicted octanol–water partition coefficient (Wildman–Crippen LogP) is 2.08. The van der Waals surface area contributed by atoms with Gasteiger partial charge in [-0.1, -0.05) is 12.1 Å². The zero-order valence-electron chi connectivity index (χ0n) is 17.2. The molecule has 2 amide bonds. The summed E-state index contributed by atoms with van der Waals surface area (Å²) in [6.07, 6.45) is 1.00. The average molecular weight is 444 g/mol. The van der Waals surface area contributed by atoms with Gasteiger partial charge in [0, 0.05) is 58.7 Å². The molecule has 9 nitrogen and oxygen atoms in total. The molecular weight excluding hydrogens is 418 g/mol. The molecule has 0 saturated carbocycles. The minimum absolute atomic E-state index is 0.158. The number of cyclic esters (lactones) is 1. The molecule has 1 atom stereocenters. The van der Waals surface area contributed by atoms with Crippen molar-refractivity contribution in [2.24, 2.45) is 0 Å². The molecule has 2 aliphatic rings. The van der Waals surface area contributed by atoms with Crippen molar-refractivity contribution in [1.29, 1.82) is 4.78 Å². The van der Waals surface area contributed by atoms with Crippen LogP contribution >= 0.6 is 0 Å². The minimum atomic E-state index is -2.43. The highest BCUT2D eigenvalue weighted by atomic mass is 32.2. The molecule has 1 aromatic carbocycles. The van der Waals surface area contributed by atoms with Gasteiger partial charge in [-0.05, 0) is 29.8 Å². The molecule has 2 fully saturated rings.